The molecule has 0 aliphatic rings. The van der Waals surface area contributed by atoms with E-state index in [0.29, 0.717) is 33.8 Å². The van der Waals surface area contributed by atoms with Crippen LogP contribution in [0.1, 0.15) is 111 Å². The van der Waals surface area contributed by atoms with Gasteiger partial charge in [0.2, 0.25) is 5.89 Å². The van der Waals surface area contributed by atoms with Crippen LogP contribution < -0.4 is 0 Å². The summed E-state index contributed by atoms with van der Waals surface area (Å²) in [6, 6.07) is 82.1. The van der Waals surface area contributed by atoms with E-state index in [4.69, 9.17) is 19.4 Å². The Morgan fingerprint density at radius 1 is 0.340 bits per heavy atom. The summed E-state index contributed by atoms with van der Waals surface area (Å²) in [6.45, 7) is 27.5. The number of benzene rings is 10. The smallest absolute Gasteiger partial charge is 0.230 e. The SMILES string of the molecule is CC(C)(C)c1ccc2c(c1)c1cc(C(C)(C)C)ccc1n2-c1ccc(-c2c(-c3ccc(-n4c5ccc(C(C)(C)C)cc5c5cc(C(C)(C)C)ccc54)cc3)c(-n3c4ccccc4c4ncccc43)c(-c3nc4ccccc4o3)c(C#N)c2-n2c3ccccc3c3ncccc32)cc1. The zero-order chi connectivity index (χ0) is 66.8. The highest BCUT2D eigenvalue weighted by atomic mass is 16.3. The van der Waals surface area contributed by atoms with Crippen LogP contribution in [0.15, 0.2) is 235 Å². The van der Waals surface area contributed by atoms with Crippen molar-refractivity contribution in [2.24, 2.45) is 0 Å². The highest BCUT2D eigenvalue weighted by Gasteiger charge is 2.35. The largest absolute Gasteiger partial charge is 0.436 e. The number of hydrogen-bond acceptors (Lipinski definition) is 5. The number of rotatable bonds is 7. The molecule has 0 atom stereocenters. The average Bonchev–Trinajstić information content (AvgIpc) is 1.68. The molecule has 17 rings (SSSR count). The minimum Gasteiger partial charge on any atom is -0.436 e. The highest BCUT2D eigenvalue weighted by Crippen LogP contribution is 2.53. The van der Waals surface area contributed by atoms with Gasteiger partial charge in [-0.1, -0.05) is 180 Å². The number of aromatic nitrogens is 7. The minimum absolute atomic E-state index is 0.0566. The average molecular weight is 1260 g/mol. The standard InChI is InChI=1S/C88H74N8O/c1-85(2,3)54-33-41-70-62(47-54)63-48-55(86(4,5)6)34-42-71(63)93(70)58-37-29-52(30-38-58)77-78(53-31-39-59(40-32-53)94-72-43-35-56(87(7,8)9)49-64(72)65-50-57(88(10,11)12)36-44-73(65)94)83(96-69-25-17-14-22-61(69)81-75(96)27-20-46-91-81)79(84-92-67-23-15-18-28-76(67)97-84)66(51-89)82(77)95-68-24-16-13-21-60(68)80-74(95)26-19-45-90-80/h13-50H,1-12H3. The molecule has 0 bridgehead atoms. The van der Waals surface area contributed by atoms with E-state index < -0.39 is 0 Å². The maximum Gasteiger partial charge on any atom is 0.230 e. The first kappa shape index (κ1) is 59.4. The van der Waals surface area contributed by atoms with Gasteiger partial charge in [0, 0.05) is 67.2 Å². The second kappa shape index (κ2) is 21.3. The van der Waals surface area contributed by atoms with Gasteiger partial charge in [-0.15, -0.1) is 0 Å². The summed E-state index contributed by atoms with van der Waals surface area (Å²) in [4.78, 5) is 15.7. The van der Waals surface area contributed by atoms with Crippen LogP contribution in [0.3, 0.4) is 0 Å². The fourth-order valence-corrected chi connectivity index (χ4v) is 15.1. The zero-order valence-corrected chi connectivity index (χ0v) is 56.9. The number of nitriles is 1. The quantitative estimate of drug-likeness (QED) is 0.158. The van der Waals surface area contributed by atoms with Gasteiger partial charge in [-0.25, -0.2) is 4.98 Å². The lowest BCUT2D eigenvalue weighted by molar-refractivity contribution is 0.590. The van der Waals surface area contributed by atoms with E-state index in [1.165, 1.54) is 43.8 Å². The molecule has 0 aliphatic carbocycles. The van der Waals surface area contributed by atoms with E-state index >= 15 is 0 Å². The molecule has 0 unspecified atom stereocenters. The van der Waals surface area contributed by atoms with Gasteiger partial charge in [0.25, 0.3) is 0 Å². The molecule has 0 saturated heterocycles. The number of oxazole rings is 1. The fraction of sp³-hybridized carbons (Fsp3) is 0.182. The van der Waals surface area contributed by atoms with Crippen LogP contribution in [0.25, 0.3) is 155 Å². The van der Waals surface area contributed by atoms with E-state index in [2.05, 4.69) is 289 Å². The molecular weight excluding hydrogens is 1190 g/mol. The van der Waals surface area contributed by atoms with E-state index in [1.807, 2.05) is 48.8 Å². The van der Waals surface area contributed by atoms with Gasteiger partial charge in [-0.2, -0.15) is 5.26 Å². The van der Waals surface area contributed by atoms with Gasteiger partial charge in [-0.05, 0) is 176 Å². The van der Waals surface area contributed by atoms with Crippen LogP contribution >= 0.6 is 0 Å². The molecule has 0 amide bonds. The molecule has 0 spiro atoms. The molecule has 0 aliphatic heterocycles. The van der Waals surface area contributed by atoms with Crippen LogP contribution in [0.4, 0.5) is 0 Å². The van der Waals surface area contributed by atoms with E-state index in [9.17, 15) is 5.26 Å². The van der Waals surface area contributed by atoms with Crippen molar-refractivity contribution in [3.63, 3.8) is 0 Å². The van der Waals surface area contributed by atoms with Crippen molar-refractivity contribution in [1.29, 1.82) is 5.26 Å². The zero-order valence-electron chi connectivity index (χ0n) is 56.9. The monoisotopic (exact) mass is 1260 g/mol. The van der Waals surface area contributed by atoms with Crippen molar-refractivity contribution < 1.29 is 4.42 Å². The summed E-state index contributed by atoms with van der Waals surface area (Å²) >= 11 is 0. The molecule has 17 aromatic rings. The Morgan fingerprint density at radius 3 is 1.10 bits per heavy atom. The molecule has 7 heterocycles. The summed E-state index contributed by atoms with van der Waals surface area (Å²) in [6.07, 6.45) is 3.72. The number of para-hydroxylation sites is 4. The van der Waals surface area contributed by atoms with Gasteiger partial charge in [0.1, 0.15) is 11.6 Å². The third kappa shape index (κ3) is 9.28. The Kier molecular flexibility index (Phi) is 13.1. The van der Waals surface area contributed by atoms with Crippen molar-refractivity contribution in [3.8, 4) is 62.5 Å². The van der Waals surface area contributed by atoms with Gasteiger partial charge >= 0.3 is 0 Å². The Morgan fingerprint density at radius 2 is 0.701 bits per heavy atom. The summed E-state index contributed by atoms with van der Waals surface area (Å²) in [5, 5.41) is 19.5. The predicted octanol–water partition coefficient (Wildman–Crippen LogP) is 23.1. The molecule has 7 aromatic heterocycles. The van der Waals surface area contributed by atoms with Crippen molar-refractivity contribution in [3.05, 3.63) is 259 Å². The van der Waals surface area contributed by atoms with Gasteiger partial charge in [0.15, 0.2) is 5.58 Å². The third-order valence-corrected chi connectivity index (χ3v) is 20.2. The summed E-state index contributed by atoms with van der Waals surface area (Å²) in [7, 11) is 0. The van der Waals surface area contributed by atoms with Gasteiger partial charge in [-0.3, -0.25) is 9.97 Å². The Hall–Kier alpha value is -11.3. The van der Waals surface area contributed by atoms with Crippen LogP contribution in [0, 0.1) is 11.3 Å². The minimum atomic E-state index is -0.0571. The number of hydrogen-bond donors (Lipinski definition) is 0. The van der Waals surface area contributed by atoms with Crippen molar-refractivity contribution in [2.75, 3.05) is 0 Å². The summed E-state index contributed by atoms with van der Waals surface area (Å²) < 4.78 is 16.5. The Balaban J connectivity index is 1.03. The fourth-order valence-electron chi connectivity index (χ4n) is 15.1. The van der Waals surface area contributed by atoms with Crippen LogP contribution in [-0.2, 0) is 21.7 Å². The Labute approximate surface area is 564 Å². The number of pyridine rings is 2. The topological polar surface area (TPSA) is 95.3 Å². The predicted molar refractivity (Wildman–Crippen MR) is 403 cm³/mol. The van der Waals surface area contributed by atoms with Crippen molar-refractivity contribution in [2.45, 2.75) is 105 Å². The summed E-state index contributed by atoms with van der Waals surface area (Å²) in [5.74, 6) is 0.313. The first-order valence-corrected chi connectivity index (χ1v) is 33.7. The molecule has 0 saturated carbocycles. The van der Waals surface area contributed by atoms with Crippen LogP contribution in [0.2, 0.25) is 0 Å². The molecule has 0 fully saturated rings. The third-order valence-electron chi connectivity index (χ3n) is 20.2. The number of nitrogens with zero attached hydrogens (tertiary/aromatic N) is 8. The molecule has 97 heavy (non-hydrogen) atoms. The second-order valence-corrected chi connectivity index (χ2v) is 30.4. The van der Waals surface area contributed by atoms with Crippen LogP contribution in [-0.4, -0.2) is 33.2 Å². The lowest BCUT2D eigenvalue weighted by Gasteiger charge is -2.27. The second-order valence-electron chi connectivity index (χ2n) is 30.4. The molecule has 9 nitrogen and oxygen atoms in total. The van der Waals surface area contributed by atoms with Crippen LogP contribution in [0.5, 0.6) is 0 Å². The van der Waals surface area contributed by atoms with Crippen molar-refractivity contribution >= 4 is 98.6 Å². The van der Waals surface area contributed by atoms with E-state index in [0.717, 1.165) is 105 Å². The van der Waals surface area contributed by atoms with E-state index in [-0.39, 0.29) is 21.7 Å². The molecule has 0 N–H and O–H groups in total. The molecule has 9 heteroatoms. The molecular formula is C88H74N8O. The molecule has 10 aromatic carbocycles. The van der Waals surface area contributed by atoms with Gasteiger partial charge in [0.05, 0.1) is 77.7 Å². The lowest BCUT2D eigenvalue weighted by Crippen LogP contribution is -2.11. The first-order valence-electron chi connectivity index (χ1n) is 33.7. The lowest BCUT2D eigenvalue weighted by atomic mass is 9.85. The van der Waals surface area contributed by atoms with Crippen molar-refractivity contribution in [1.82, 2.24) is 33.2 Å². The number of fused-ring (bicyclic) bond motifs is 13. The molecule has 472 valence electrons. The highest BCUT2D eigenvalue weighted by molar-refractivity contribution is 6.15. The summed E-state index contributed by atoms with van der Waals surface area (Å²) in [5.41, 5.74) is 23.7. The van der Waals surface area contributed by atoms with Gasteiger partial charge < -0.3 is 22.7 Å². The maximum atomic E-state index is 12.7. The first-order chi connectivity index (χ1) is 46.6. The maximum absolute atomic E-state index is 12.7. The Bertz CT molecular complexity index is 5880. The normalized spacial score (nSPS) is 12.7. The molecule has 0 radical (unpaired) electrons. The van der Waals surface area contributed by atoms with E-state index in [1.54, 1.807) is 0 Å².